The van der Waals surface area contributed by atoms with Gasteiger partial charge in [0.05, 0.1) is 24.4 Å². The van der Waals surface area contributed by atoms with Gasteiger partial charge in [0.15, 0.2) is 5.76 Å². The molecule has 0 aliphatic heterocycles. The zero-order valence-electron chi connectivity index (χ0n) is 14.5. The van der Waals surface area contributed by atoms with Gasteiger partial charge in [-0.3, -0.25) is 4.98 Å². The highest BCUT2D eigenvalue weighted by atomic mass is 16.5. The van der Waals surface area contributed by atoms with Crippen LogP contribution in [0.4, 0.5) is 4.79 Å². The molecule has 134 valence electrons. The van der Waals surface area contributed by atoms with Gasteiger partial charge in [-0.2, -0.15) is 0 Å². The number of aryl methyl sites for hydroxylation is 1. The third-order valence-corrected chi connectivity index (χ3v) is 3.94. The van der Waals surface area contributed by atoms with E-state index in [1.54, 1.807) is 19.4 Å². The number of rotatable bonds is 6. The molecule has 0 saturated carbocycles. The van der Waals surface area contributed by atoms with Gasteiger partial charge in [0.2, 0.25) is 5.89 Å². The molecule has 2 aromatic heterocycles. The Kier molecular flexibility index (Phi) is 4.88. The third-order valence-electron chi connectivity index (χ3n) is 3.94. The molecule has 0 bridgehead atoms. The molecule has 1 atom stereocenters. The van der Waals surface area contributed by atoms with Crippen LogP contribution < -0.4 is 10.1 Å². The van der Waals surface area contributed by atoms with E-state index in [0.717, 1.165) is 22.2 Å². The monoisotopic (exact) mass is 353 g/mol. The molecule has 7 heteroatoms. The van der Waals surface area contributed by atoms with Gasteiger partial charge in [-0.1, -0.05) is 12.1 Å². The van der Waals surface area contributed by atoms with E-state index in [1.165, 1.54) is 0 Å². The first-order valence-electron chi connectivity index (χ1n) is 8.03. The number of fused-ring (bicyclic) bond motifs is 1. The Bertz CT molecular complexity index is 965. The zero-order valence-corrected chi connectivity index (χ0v) is 14.5. The van der Waals surface area contributed by atoms with E-state index in [0.29, 0.717) is 17.9 Å². The largest absolute Gasteiger partial charge is 0.496 e. The second-order valence-electron chi connectivity index (χ2n) is 5.79. The number of amides is 1. The molecule has 1 unspecified atom stereocenters. The molecular formula is C19H19N3O4. The molecule has 26 heavy (non-hydrogen) atoms. The molecular weight excluding hydrogens is 334 g/mol. The minimum absolute atomic E-state index is 0.270. The predicted molar refractivity (Wildman–Crippen MR) is 97.2 cm³/mol. The van der Waals surface area contributed by atoms with Crippen LogP contribution in [0.2, 0.25) is 0 Å². The summed E-state index contributed by atoms with van der Waals surface area (Å²) in [7, 11) is 1.57. The minimum atomic E-state index is -1.15. The molecule has 0 aliphatic carbocycles. The summed E-state index contributed by atoms with van der Waals surface area (Å²) in [4.78, 5) is 19.7. The van der Waals surface area contributed by atoms with Crippen molar-refractivity contribution in [2.45, 2.75) is 19.4 Å². The van der Waals surface area contributed by atoms with E-state index in [-0.39, 0.29) is 5.89 Å². The first-order chi connectivity index (χ1) is 12.5. The maximum Gasteiger partial charge on any atom is 0.405 e. The lowest BCUT2D eigenvalue weighted by Crippen LogP contribution is -2.26. The van der Waals surface area contributed by atoms with E-state index in [4.69, 9.17) is 14.3 Å². The van der Waals surface area contributed by atoms with Gasteiger partial charge < -0.3 is 19.6 Å². The Morgan fingerprint density at radius 1 is 1.46 bits per heavy atom. The van der Waals surface area contributed by atoms with E-state index < -0.39 is 12.1 Å². The summed E-state index contributed by atoms with van der Waals surface area (Å²) >= 11 is 0. The van der Waals surface area contributed by atoms with Crippen LogP contribution in [-0.2, 0) is 0 Å². The number of oxazole rings is 1. The van der Waals surface area contributed by atoms with Crippen molar-refractivity contribution in [3.63, 3.8) is 0 Å². The molecule has 2 N–H and O–H groups in total. The molecule has 1 amide bonds. The van der Waals surface area contributed by atoms with E-state index in [1.807, 2.05) is 31.2 Å². The number of benzene rings is 1. The van der Waals surface area contributed by atoms with Crippen LogP contribution in [0.25, 0.3) is 22.2 Å². The van der Waals surface area contributed by atoms with Crippen molar-refractivity contribution < 1.29 is 19.1 Å². The van der Waals surface area contributed by atoms with Gasteiger partial charge in [0.25, 0.3) is 0 Å². The highest BCUT2D eigenvalue weighted by Crippen LogP contribution is 2.35. The highest BCUT2D eigenvalue weighted by molar-refractivity contribution is 5.87. The fraction of sp³-hybridized carbons (Fsp3) is 0.211. The highest BCUT2D eigenvalue weighted by Gasteiger charge is 2.20. The lowest BCUT2D eigenvalue weighted by molar-refractivity contribution is 0.187. The molecule has 3 aromatic rings. The number of nitrogens with one attached hydrogen (secondary N) is 1. The average Bonchev–Trinajstić information content (AvgIpc) is 3.09. The van der Waals surface area contributed by atoms with Crippen molar-refractivity contribution in [2.24, 2.45) is 0 Å². The first-order valence-corrected chi connectivity index (χ1v) is 8.03. The summed E-state index contributed by atoms with van der Waals surface area (Å²) < 4.78 is 11.3. The zero-order chi connectivity index (χ0) is 18.7. The summed E-state index contributed by atoms with van der Waals surface area (Å²) in [6, 6.07) is 7.06. The smallest absolute Gasteiger partial charge is 0.405 e. The summed E-state index contributed by atoms with van der Waals surface area (Å²) in [5.41, 5.74) is 2.46. The van der Waals surface area contributed by atoms with Gasteiger partial charge in [0, 0.05) is 17.1 Å². The minimum Gasteiger partial charge on any atom is -0.496 e. The average molecular weight is 353 g/mol. The number of hydrogen-bond acceptors (Lipinski definition) is 5. The van der Waals surface area contributed by atoms with Crippen molar-refractivity contribution in [1.82, 2.24) is 15.3 Å². The van der Waals surface area contributed by atoms with Crippen molar-refractivity contribution in [2.75, 3.05) is 7.11 Å². The Morgan fingerprint density at radius 3 is 2.96 bits per heavy atom. The van der Waals surface area contributed by atoms with Crippen LogP contribution in [0.5, 0.6) is 5.75 Å². The molecule has 0 saturated heterocycles. The Morgan fingerprint density at radius 2 is 2.27 bits per heavy atom. The van der Waals surface area contributed by atoms with Crippen molar-refractivity contribution in [1.29, 1.82) is 0 Å². The molecule has 0 aliphatic rings. The summed E-state index contributed by atoms with van der Waals surface area (Å²) in [6.07, 6.45) is 2.38. The molecule has 2 heterocycles. The molecule has 0 radical (unpaired) electrons. The number of pyridine rings is 1. The second kappa shape index (κ2) is 7.26. The number of hydrogen-bond donors (Lipinski definition) is 2. The molecule has 0 spiro atoms. The lowest BCUT2D eigenvalue weighted by Gasteiger charge is -2.11. The third kappa shape index (κ3) is 3.51. The Balaban J connectivity index is 2.03. The second-order valence-corrected chi connectivity index (χ2v) is 5.79. The quantitative estimate of drug-likeness (QED) is 0.648. The van der Waals surface area contributed by atoms with Gasteiger partial charge in [-0.15, -0.1) is 6.58 Å². The lowest BCUT2D eigenvalue weighted by atomic mass is 10.1. The van der Waals surface area contributed by atoms with E-state index in [9.17, 15) is 4.79 Å². The van der Waals surface area contributed by atoms with Crippen LogP contribution in [0.1, 0.15) is 24.0 Å². The van der Waals surface area contributed by atoms with Gasteiger partial charge in [-0.05, 0) is 25.5 Å². The topological polar surface area (TPSA) is 97.5 Å². The van der Waals surface area contributed by atoms with Gasteiger partial charge in [-0.25, -0.2) is 9.78 Å². The number of carbonyl (C=O) groups is 1. The fourth-order valence-electron chi connectivity index (χ4n) is 2.73. The molecule has 1 aromatic carbocycles. The maximum atomic E-state index is 11.0. The standard InChI is InChI=1S/C19H19N3O4/c1-4-5-14(22-19(23)24)18-20-10-17(26-18)13-8-12-7-6-11(2)21-15(12)9-16(13)25-3/h4,6-10,14,22H,1,5H2,2-3H3,(H,23,24). The normalized spacial score (nSPS) is 11.9. The van der Waals surface area contributed by atoms with Crippen LogP contribution in [0, 0.1) is 6.92 Å². The number of methoxy groups -OCH3 is 1. The number of carboxylic acid groups (broad SMARTS) is 1. The van der Waals surface area contributed by atoms with Crippen LogP contribution >= 0.6 is 0 Å². The maximum absolute atomic E-state index is 11.0. The van der Waals surface area contributed by atoms with Crippen molar-refractivity contribution in [3.8, 4) is 17.1 Å². The SMILES string of the molecule is C=CCC(NC(=O)O)c1ncc(-c2cc3ccc(C)nc3cc2OC)o1. The predicted octanol–water partition coefficient (Wildman–Crippen LogP) is 4.09. The first kappa shape index (κ1) is 17.5. The molecule has 0 fully saturated rings. The Hall–Kier alpha value is -3.35. The van der Waals surface area contributed by atoms with E-state index >= 15 is 0 Å². The summed E-state index contributed by atoms with van der Waals surface area (Å²) in [5.74, 6) is 1.36. The van der Waals surface area contributed by atoms with Crippen molar-refractivity contribution in [3.05, 3.63) is 54.7 Å². The van der Waals surface area contributed by atoms with Crippen LogP contribution in [0.3, 0.4) is 0 Å². The van der Waals surface area contributed by atoms with E-state index in [2.05, 4.69) is 21.9 Å². The van der Waals surface area contributed by atoms with Crippen molar-refractivity contribution >= 4 is 17.0 Å². The number of aromatic nitrogens is 2. The summed E-state index contributed by atoms with van der Waals surface area (Å²) in [5, 5.41) is 12.3. The fourth-order valence-corrected chi connectivity index (χ4v) is 2.73. The Labute approximate surface area is 150 Å². The number of nitrogens with zero attached hydrogens (tertiary/aromatic N) is 2. The molecule has 3 rings (SSSR count). The van der Waals surface area contributed by atoms with Gasteiger partial charge >= 0.3 is 6.09 Å². The van der Waals surface area contributed by atoms with Crippen LogP contribution in [0.15, 0.2) is 47.5 Å². The number of ether oxygens (including phenoxy) is 1. The molecule has 7 nitrogen and oxygen atoms in total. The van der Waals surface area contributed by atoms with Gasteiger partial charge in [0.1, 0.15) is 11.8 Å². The summed E-state index contributed by atoms with van der Waals surface area (Å²) in [6.45, 7) is 5.57. The van der Waals surface area contributed by atoms with Crippen LogP contribution in [-0.4, -0.2) is 28.3 Å².